The number of anilines is 2. The molecule has 0 unspecified atom stereocenters. The molecule has 4 nitrogen and oxygen atoms in total. The van der Waals surface area contributed by atoms with E-state index in [1.165, 1.54) is 6.07 Å². The minimum atomic E-state index is -0.453. The molecule has 0 radical (unpaired) electrons. The van der Waals surface area contributed by atoms with Gasteiger partial charge in [0.1, 0.15) is 5.82 Å². The van der Waals surface area contributed by atoms with Crippen LogP contribution >= 0.6 is 0 Å². The summed E-state index contributed by atoms with van der Waals surface area (Å²) in [7, 11) is 0. The Labute approximate surface area is 123 Å². The lowest BCUT2D eigenvalue weighted by atomic mass is 10.1. The molecular formula is C16H18FN3O. The topological polar surface area (TPSA) is 54.0 Å². The van der Waals surface area contributed by atoms with Crippen molar-refractivity contribution in [2.24, 2.45) is 0 Å². The van der Waals surface area contributed by atoms with Crippen molar-refractivity contribution in [3.05, 3.63) is 53.6 Å². The Kier molecular flexibility index (Phi) is 4.87. The second kappa shape index (κ2) is 6.83. The van der Waals surface area contributed by atoms with E-state index in [-0.39, 0.29) is 11.6 Å². The predicted octanol–water partition coefficient (Wildman–Crippen LogP) is 3.60. The summed E-state index contributed by atoms with van der Waals surface area (Å²) in [5.41, 5.74) is 2.15. The highest BCUT2D eigenvalue weighted by Gasteiger charge is 2.13. The van der Waals surface area contributed by atoms with E-state index in [1.807, 2.05) is 13.8 Å². The molecule has 1 aromatic carbocycles. The summed E-state index contributed by atoms with van der Waals surface area (Å²) in [5.74, 6) is -0.813. The van der Waals surface area contributed by atoms with Crippen LogP contribution in [0, 0.1) is 12.7 Å². The van der Waals surface area contributed by atoms with Crippen LogP contribution in [0.2, 0.25) is 0 Å². The van der Waals surface area contributed by atoms with Crippen molar-refractivity contribution in [1.82, 2.24) is 4.98 Å². The molecule has 0 atom stereocenters. The number of aromatic nitrogens is 1. The smallest absolute Gasteiger partial charge is 0.257 e. The Morgan fingerprint density at radius 1 is 1.29 bits per heavy atom. The van der Waals surface area contributed by atoms with Gasteiger partial charge in [-0.15, -0.1) is 0 Å². The molecule has 0 aliphatic heterocycles. The van der Waals surface area contributed by atoms with Crippen molar-refractivity contribution in [2.75, 3.05) is 17.2 Å². The second-order valence-electron chi connectivity index (χ2n) is 4.79. The zero-order valence-electron chi connectivity index (χ0n) is 12.1. The van der Waals surface area contributed by atoms with Gasteiger partial charge in [-0.3, -0.25) is 9.78 Å². The van der Waals surface area contributed by atoms with Crippen molar-refractivity contribution in [2.45, 2.75) is 20.3 Å². The van der Waals surface area contributed by atoms with Crippen LogP contribution in [0.1, 0.15) is 29.3 Å². The minimum Gasteiger partial charge on any atom is -0.383 e. The van der Waals surface area contributed by atoms with Crippen LogP contribution in [-0.4, -0.2) is 17.4 Å². The maximum atomic E-state index is 13.7. The number of carbonyl (C=O) groups is 1. The molecule has 5 heteroatoms. The molecule has 0 fully saturated rings. The van der Waals surface area contributed by atoms with Crippen LogP contribution < -0.4 is 10.6 Å². The number of rotatable bonds is 5. The number of carbonyl (C=O) groups excluding carboxylic acids is 1. The zero-order chi connectivity index (χ0) is 15.2. The van der Waals surface area contributed by atoms with Gasteiger partial charge in [-0.05, 0) is 37.1 Å². The fraction of sp³-hybridized carbons (Fsp3) is 0.250. The summed E-state index contributed by atoms with van der Waals surface area (Å²) in [4.78, 5) is 16.3. The molecule has 0 bridgehead atoms. The average Bonchev–Trinajstić information content (AvgIpc) is 2.49. The maximum Gasteiger partial charge on any atom is 0.257 e. The Balaban J connectivity index is 2.22. The Hall–Kier alpha value is -2.43. The van der Waals surface area contributed by atoms with Gasteiger partial charge >= 0.3 is 0 Å². The van der Waals surface area contributed by atoms with Crippen LogP contribution in [0.5, 0.6) is 0 Å². The molecule has 1 heterocycles. The largest absolute Gasteiger partial charge is 0.383 e. The van der Waals surface area contributed by atoms with Crippen molar-refractivity contribution >= 4 is 17.3 Å². The third kappa shape index (κ3) is 3.78. The van der Waals surface area contributed by atoms with E-state index in [0.717, 1.165) is 18.5 Å². The summed E-state index contributed by atoms with van der Waals surface area (Å²) in [6.45, 7) is 4.62. The molecule has 110 valence electrons. The molecule has 0 aliphatic carbocycles. The van der Waals surface area contributed by atoms with Crippen molar-refractivity contribution in [3.63, 3.8) is 0 Å². The van der Waals surface area contributed by atoms with Gasteiger partial charge < -0.3 is 10.6 Å². The molecule has 2 rings (SSSR count). The van der Waals surface area contributed by atoms with Crippen molar-refractivity contribution in [3.8, 4) is 0 Å². The number of amides is 1. The van der Waals surface area contributed by atoms with Crippen LogP contribution in [0.3, 0.4) is 0 Å². The minimum absolute atomic E-state index is 0.179. The quantitative estimate of drug-likeness (QED) is 0.883. The summed E-state index contributed by atoms with van der Waals surface area (Å²) in [6.07, 6.45) is 4.07. The van der Waals surface area contributed by atoms with Gasteiger partial charge in [0.05, 0.1) is 23.1 Å². The van der Waals surface area contributed by atoms with Gasteiger partial charge in [0.25, 0.3) is 5.91 Å². The van der Waals surface area contributed by atoms with Crippen molar-refractivity contribution < 1.29 is 9.18 Å². The molecule has 1 amide bonds. The fourth-order valence-electron chi connectivity index (χ4n) is 1.92. The van der Waals surface area contributed by atoms with Crippen LogP contribution in [-0.2, 0) is 0 Å². The molecule has 21 heavy (non-hydrogen) atoms. The van der Waals surface area contributed by atoms with Crippen molar-refractivity contribution in [1.29, 1.82) is 0 Å². The lowest BCUT2D eigenvalue weighted by Crippen LogP contribution is -2.16. The SMILES string of the molecule is CCCNc1cnccc1C(=O)Nc1cc(C)ccc1F. The van der Waals surface area contributed by atoms with Gasteiger partial charge in [-0.1, -0.05) is 13.0 Å². The van der Waals surface area contributed by atoms with Crippen LogP contribution in [0.25, 0.3) is 0 Å². The molecule has 0 saturated heterocycles. The first-order valence-electron chi connectivity index (χ1n) is 6.87. The number of halogens is 1. The summed E-state index contributed by atoms with van der Waals surface area (Å²) in [5, 5.41) is 5.74. The van der Waals surface area contributed by atoms with E-state index < -0.39 is 5.82 Å². The number of hydrogen-bond donors (Lipinski definition) is 2. The number of hydrogen-bond acceptors (Lipinski definition) is 3. The molecule has 1 aromatic heterocycles. The number of benzene rings is 1. The summed E-state index contributed by atoms with van der Waals surface area (Å²) < 4.78 is 13.7. The monoisotopic (exact) mass is 287 g/mol. The summed E-state index contributed by atoms with van der Waals surface area (Å²) >= 11 is 0. The summed E-state index contributed by atoms with van der Waals surface area (Å²) in [6, 6.07) is 6.22. The highest BCUT2D eigenvalue weighted by atomic mass is 19.1. The highest BCUT2D eigenvalue weighted by Crippen LogP contribution is 2.19. The number of nitrogens with one attached hydrogen (secondary N) is 2. The number of pyridine rings is 1. The Morgan fingerprint density at radius 3 is 2.86 bits per heavy atom. The van der Waals surface area contributed by atoms with E-state index in [2.05, 4.69) is 15.6 Å². The molecule has 0 saturated carbocycles. The molecule has 2 N–H and O–H groups in total. The van der Waals surface area contributed by atoms with Crippen LogP contribution in [0.15, 0.2) is 36.7 Å². The lowest BCUT2D eigenvalue weighted by molar-refractivity contribution is 0.102. The normalized spacial score (nSPS) is 10.2. The first kappa shape index (κ1) is 15.0. The Bertz CT molecular complexity index is 643. The number of nitrogens with zero attached hydrogens (tertiary/aromatic N) is 1. The Morgan fingerprint density at radius 2 is 2.10 bits per heavy atom. The molecule has 0 aliphatic rings. The predicted molar refractivity (Wildman–Crippen MR) is 82.1 cm³/mol. The van der Waals surface area contributed by atoms with E-state index >= 15 is 0 Å². The van der Waals surface area contributed by atoms with E-state index in [1.54, 1.807) is 30.6 Å². The first-order valence-corrected chi connectivity index (χ1v) is 6.87. The molecular weight excluding hydrogens is 269 g/mol. The first-order chi connectivity index (χ1) is 10.1. The third-order valence-corrected chi connectivity index (χ3v) is 3.00. The van der Waals surface area contributed by atoms with Gasteiger partial charge in [-0.25, -0.2) is 4.39 Å². The van der Waals surface area contributed by atoms with Gasteiger partial charge in [0.15, 0.2) is 0 Å². The van der Waals surface area contributed by atoms with Crippen LogP contribution in [0.4, 0.5) is 15.8 Å². The third-order valence-electron chi connectivity index (χ3n) is 3.00. The highest BCUT2D eigenvalue weighted by molar-refractivity contribution is 6.07. The number of aryl methyl sites for hydroxylation is 1. The average molecular weight is 287 g/mol. The standard InChI is InChI=1S/C16H18FN3O/c1-3-7-19-15-10-18-8-6-12(15)16(21)20-14-9-11(2)4-5-13(14)17/h4-6,8-10,19H,3,7H2,1-2H3,(H,20,21). The van der Waals surface area contributed by atoms with Gasteiger partial charge in [-0.2, -0.15) is 0 Å². The second-order valence-corrected chi connectivity index (χ2v) is 4.79. The maximum absolute atomic E-state index is 13.7. The molecule has 0 spiro atoms. The van der Waals surface area contributed by atoms with Gasteiger partial charge in [0.2, 0.25) is 0 Å². The van der Waals surface area contributed by atoms with E-state index in [4.69, 9.17) is 0 Å². The zero-order valence-corrected chi connectivity index (χ0v) is 12.1. The van der Waals surface area contributed by atoms with Gasteiger partial charge in [0, 0.05) is 12.7 Å². The van der Waals surface area contributed by atoms with E-state index in [9.17, 15) is 9.18 Å². The van der Waals surface area contributed by atoms with E-state index in [0.29, 0.717) is 11.3 Å². The lowest BCUT2D eigenvalue weighted by Gasteiger charge is -2.12. The molecule has 2 aromatic rings. The fourth-order valence-corrected chi connectivity index (χ4v) is 1.92.